The van der Waals surface area contributed by atoms with Gasteiger partial charge in [-0.2, -0.15) is 9.78 Å². The van der Waals surface area contributed by atoms with Crippen molar-refractivity contribution in [2.75, 3.05) is 0 Å². The van der Waals surface area contributed by atoms with Gasteiger partial charge in [-0.25, -0.2) is 4.98 Å². The second kappa shape index (κ2) is 11.8. The SMILES string of the molecule is O=c1c2ccccc2nc(-c2cc3cc(Cl)ccc3o2)n1N=Cc1cc(Br)c(OCc2ccc(Cl)cc2Cl)c([N+](=O)[O-])c1. The van der Waals surface area contributed by atoms with E-state index < -0.39 is 10.5 Å². The number of nitrogens with zero attached hydrogens (tertiary/aromatic N) is 4. The van der Waals surface area contributed by atoms with Gasteiger partial charge in [0.15, 0.2) is 5.76 Å². The smallest absolute Gasteiger partial charge is 0.312 e. The molecule has 13 heteroatoms. The lowest BCUT2D eigenvalue weighted by molar-refractivity contribution is -0.386. The zero-order chi connectivity index (χ0) is 30.2. The molecule has 0 saturated carbocycles. The number of ether oxygens (including phenoxy) is 1. The Morgan fingerprint density at radius 3 is 2.58 bits per heavy atom. The summed E-state index contributed by atoms with van der Waals surface area (Å²) in [4.78, 5) is 29.6. The molecular formula is C30H16BrCl3N4O5. The van der Waals surface area contributed by atoms with Crippen molar-refractivity contribution in [3.05, 3.63) is 130 Å². The third-order valence-electron chi connectivity index (χ3n) is 6.40. The van der Waals surface area contributed by atoms with Crippen molar-refractivity contribution in [1.82, 2.24) is 9.66 Å². The Balaban J connectivity index is 1.41. The Labute approximate surface area is 266 Å². The second-order valence-corrected chi connectivity index (χ2v) is 11.4. The van der Waals surface area contributed by atoms with E-state index in [0.29, 0.717) is 47.2 Å². The molecule has 0 fully saturated rings. The number of rotatable bonds is 7. The molecule has 6 rings (SSSR count). The van der Waals surface area contributed by atoms with E-state index in [9.17, 15) is 14.9 Å². The third kappa shape index (κ3) is 5.87. The molecule has 0 aliphatic carbocycles. The summed E-state index contributed by atoms with van der Waals surface area (Å²) >= 11 is 21.7. The molecule has 0 aliphatic rings. The maximum atomic E-state index is 13.6. The van der Waals surface area contributed by atoms with E-state index >= 15 is 0 Å². The van der Waals surface area contributed by atoms with Crippen molar-refractivity contribution in [3.63, 3.8) is 0 Å². The number of hydrogen-bond acceptors (Lipinski definition) is 7. The lowest BCUT2D eigenvalue weighted by Gasteiger charge is -2.11. The minimum Gasteiger partial charge on any atom is -0.481 e. The number of furan rings is 1. The summed E-state index contributed by atoms with van der Waals surface area (Å²) in [5.74, 6) is 0.425. The maximum absolute atomic E-state index is 13.6. The first-order chi connectivity index (χ1) is 20.7. The van der Waals surface area contributed by atoms with Gasteiger partial charge in [-0.05, 0) is 70.5 Å². The first kappa shape index (κ1) is 28.9. The predicted molar refractivity (Wildman–Crippen MR) is 171 cm³/mol. The summed E-state index contributed by atoms with van der Waals surface area (Å²) in [6.07, 6.45) is 1.32. The van der Waals surface area contributed by atoms with Gasteiger partial charge in [0.2, 0.25) is 11.6 Å². The monoisotopic (exact) mass is 696 g/mol. The van der Waals surface area contributed by atoms with Crippen LogP contribution < -0.4 is 10.3 Å². The van der Waals surface area contributed by atoms with Gasteiger partial charge in [-0.1, -0.05) is 53.0 Å². The first-order valence-electron chi connectivity index (χ1n) is 12.5. The molecule has 0 unspecified atom stereocenters. The van der Waals surface area contributed by atoms with Gasteiger partial charge < -0.3 is 9.15 Å². The van der Waals surface area contributed by atoms with Gasteiger partial charge in [-0.15, -0.1) is 0 Å². The summed E-state index contributed by atoms with van der Waals surface area (Å²) in [5.41, 5.74) is 1.14. The molecule has 214 valence electrons. The van der Waals surface area contributed by atoms with Crippen molar-refractivity contribution >= 4 is 84.5 Å². The van der Waals surface area contributed by atoms with E-state index in [-0.39, 0.29) is 29.6 Å². The molecule has 9 nitrogen and oxygen atoms in total. The number of aromatic nitrogens is 2. The molecule has 0 N–H and O–H groups in total. The van der Waals surface area contributed by atoms with Crippen molar-refractivity contribution in [2.45, 2.75) is 6.61 Å². The molecule has 0 amide bonds. The topological polar surface area (TPSA) is 113 Å². The highest BCUT2D eigenvalue weighted by Crippen LogP contribution is 2.37. The molecule has 0 atom stereocenters. The minimum atomic E-state index is -0.574. The Morgan fingerprint density at radius 1 is 1.02 bits per heavy atom. The molecule has 43 heavy (non-hydrogen) atoms. The first-order valence-corrected chi connectivity index (χ1v) is 14.4. The molecule has 2 heterocycles. The van der Waals surface area contributed by atoms with Gasteiger partial charge in [0.1, 0.15) is 12.2 Å². The molecule has 0 bridgehead atoms. The van der Waals surface area contributed by atoms with E-state index in [1.807, 2.05) is 0 Å². The van der Waals surface area contributed by atoms with E-state index in [2.05, 4.69) is 26.0 Å². The van der Waals surface area contributed by atoms with Gasteiger partial charge in [0.25, 0.3) is 5.56 Å². The fourth-order valence-corrected chi connectivity index (χ4v) is 5.61. The molecule has 0 aliphatic heterocycles. The molecule has 2 aromatic heterocycles. The Kier molecular flexibility index (Phi) is 7.93. The Morgan fingerprint density at radius 2 is 1.79 bits per heavy atom. The number of nitro benzene ring substituents is 1. The Hall–Kier alpha value is -4.22. The summed E-state index contributed by atoms with van der Waals surface area (Å²) in [7, 11) is 0. The molecule has 0 saturated heterocycles. The van der Waals surface area contributed by atoms with Crippen LogP contribution in [0.2, 0.25) is 15.1 Å². The molecule has 0 spiro atoms. The lowest BCUT2D eigenvalue weighted by atomic mass is 10.2. The van der Waals surface area contributed by atoms with Gasteiger partial charge in [0, 0.05) is 37.6 Å². The predicted octanol–water partition coefficient (Wildman–Crippen LogP) is 8.90. The zero-order valence-electron chi connectivity index (χ0n) is 21.6. The number of fused-ring (bicyclic) bond motifs is 2. The van der Waals surface area contributed by atoms with Crippen LogP contribution in [0.3, 0.4) is 0 Å². The highest BCUT2D eigenvalue weighted by molar-refractivity contribution is 9.10. The standard InChI is InChI=1S/C30H16BrCl3N4O5/c31-22-9-16(10-25(38(40)41)28(22)42-15-17-5-6-20(33)13-23(17)34)14-35-37-29(36-24-4-2-1-3-21(24)30(37)39)27-12-18-11-19(32)7-8-26(18)43-27/h1-14H,15H2. The van der Waals surface area contributed by atoms with Crippen LogP contribution in [0.25, 0.3) is 33.5 Å². The highest BCUT2D eigenvalue weighted by atomic mass is 79.9. The number of halogens is 4. The molecule has 4 aromatic carbocycles. The summed E-state index contributed by atoms with van der Waals surface area (Å²) < 4.78 is 13.2. The second-order valence-electron chi connectivity index (χ2n) is 9.24. The average Bonchev–Trinajstić information content (AvgIpc) is 3.39. The molecule has 0 radical (unpaired) electrons. The van der Waals surface area contributed by atoms with Crippen molar-refractivity contribution < 1.29 is 14.1 Å². The maximum Gasteiger partial charge on any atom is 0.312 e. The van der Waals surface area contributed by atoms with Crippen LogP contribution in [0.15, 0.2) is 97.6 Å². The number of para-hydroxylation sites is 1. The number of hydrogen-bond donors (Lipinski definition) is 0. The van der Waals surface area contributed by atoms with Crippen LogP contribution in [-0.2, 0) is 6.61 Å². The quantitative estimate of drug-likeness (QED) is 0.0935. The van der Waals surface area contributed by atoms with Crippen LogP contribution in [0.5, 0.6) is 5.75 Å². The largest absolute Gasteiger partial charge is 0.481 e. The molecule has 6 aromatic rings. The van der Waals surface area contributed by atoms with Crippen LogP contribution in [-0.4, -0.2) is 20.8 Å². The number of benzene rings is 4. The van der Waals surface area contributed by atoms with Crippen molar-refractivity contribution in [1.29, 1.82) is 0 Å². The average molecular weight is 699 g/mol. The summed E-state index contributed by atoms with van der Waals surface area (Å²) in [6.45, 7) is -0.0346. The van der Waals surface area contributed by atoms with Gasteiger partial charge in [-0.3, -0.25) is 14.9 Å². The van der Waals surface area contributed by atoms with E-state index in [0.717, 1.165) is 10.1 Å². The normalized spacial score (nSPS) is 11.5. The minimum absolute atomic E-state index is 0.000620. The van der Waals surface area contributed by atoms with E-state index in [1.54, 1.807) is 72.8 Å². The van der Waals surface area contributed by atoms with Crippen molar-refractivity contribution in [3.8, 4) is 17.3 Å². The third-order valence-corrected chi connectivity index (χ3v) is 7.82. The van der Waals surface area contributed by atoms with Gasteiger partial charge in [0.05, 0.1) is 26.5 Å². The zero-order valence-corrected chi connectivity index (χ0v) is 25.5. The van der Waals surface area contributed by atoms with Crippen LogP contribution in [0, 0.1) is 10.1 Å². The lowest BCUT2D eigenvalue weighted by Crippen LogP contribution is -2.20. The Bertz CT molecular complexity index is 2160. The van der Waals surface area contributed by atoms with Crippen molar-refractivity contribution in [2.24, 2.45) is 5.10 Å². The fraction of sp³-hybridized carbons (Fsp3) is 0.0333. The summed E-state index contributed by atoms with van der Waals surface area (Å²) in [6, 6.07) is 21.4. The van der Waals surface area contributed by atoms with Gasteiger partial charge >= 0.3 is 5.69 Å². The molecular weight excluding hydrogens is 683 g/mol. The van der Waals surface area contributed by atoms with Crippen LogP contribution in [0.1, 0.15) is 11.1 Å². The number of nitro groups is 1. The highest BCUT2D eigenvalue weighted by Gasteiger charge is 2.21. The summed E-state index contributed by atoms with van der Waals surface area (Å²) in [5, 5.41) is 18.8. The van der Waals surface area contributed by atoms with Crippen LogP contribution >= 0.6 is 50.7 Å². The van der Waals surface area contributed by atoms with E-state index in [4.69, 9.17) is 44.0 Å². The van der Waals surface area contributed by atoms with Crippen LogP contribution in [0.4, 0.5) is 5.69 Å². The van der Waals surface area contributed by atoms with E-state index in [1.165, 1.54) is 12.3 Å². The fourth-order valence-electron chi connectivity index (χ4n) is 4.38.